The van der Waals surface area contributed by atoms with Crippen molar-refractivity contribution in [2.45, 2.75) is 32.3 Å². The van der Waals surface area contributed by atoms with E-state index in [0.29, 0.717) is 12.5 Å². The molecule has 0 aliphatic heterocycles. The van der Waals surface area contributed by atoms with E-state index in [2.05, 4.69) is 19.9 Å². The number of nitrogens with zero attached hydrogens (tertiary/aromatic N) is 1. The monoisotopic (exact) mass is 263 g/mol. The van der Waals surface area contributed by atoms with Crippen molar-refractivity contribution >= 4 is 0 Å². The molecule has 2 rings (SSSR count). The SMILES string of the molecule is COc1cc(C)c(C)cc1C(O)(CN(C)C)C1CC1. The van der Waals surface area contributed by atoms with E-state index in [-0.39, 0.29) is 0 Å². The molecule has 19 heavy (non-hydrogen) atoms. The molecule has 0 spiro atoms. The number of ether oxygens (including phenoxy) is 1. The third kappa shape index (κ3) is 2.77. The van der Waals surface area contributed by atoms with Crippen molar-refractivity contribution in [3.05, 3.63) is 28.8 Å². The molecule has 1 unspecified atom stereocenters. The highest BCUT2D eigenvalue weighted by atomic mass is 16.5. The van der Waals surface area contributed by atoms with Crippen LogP contribution in [0.2, 0.25) is 0 Å². The van der Waals surface area contributed by atoms with Crippen LogP contribution in [0.5, 0.6) is 5.75 Å². The van der Waals surface area contributed by atoms with Gasteiger partial charge in [-0.1, -0.05) is 0 Å². The van der Waals surface area contributed by atoms with E-state index < -0.39 is 5.60 Å². The zero-order valence-corrected chi connectivity index (χ0v) is 12.7. The summed E-state index contributed by atoms with van der Waals surface area (Å²) in [6.07, 6.45) is 2.20. The second-order valence-electron chi connectivity index (χ2n) is 6.07. The van der Waals surface area contributed by atoms with Gasteiger partial charge in [-0.3, -0.25) is 0 Å². The van der Waals surface area contributed by atoms with Gasteiger partial charge in [0.2, 0.25) is 0 Å². The Balaban J connectivity index is 2.49. The number of rotatable bonds is 5. The topological polar surface area (TPSA) is 32.7 Å². The minimum absolute atomic E-state index is 0.353. The number of aryl methyl sites for hydroxylation is 2. The molecule has 1 aromatic carbocycles. The van der Waals surface area contributed by atoms with E-state index in [1.54, 1.807) is 7.11 Å². The Morgan fingerprint density at radius 2 is 1.84 bits per heavy atom. The molecule has 0 saturated heterocycles. The fourth-order valence-corrected chi connectivity index (χ4v) is 2.77. The second kappa shape index (κ2) is 5.14. The van der Waals surface area contributed by atoms with Gasteiger partial charge in [-0.05, 0) is 70.0 Å². The first-order chi connectivity index (χ1) is 8.88. The molecule has 106 valence electrons. The third-order valence-corrected chi connectivity index (χ3v) is 4.09. The number of hydrogen-bond donors (Lipinski definition) is 1. The van der Waals surface area contributed by atoms with Crippen LogP contribution in [0.25, 0.3) is 0 Å². The largest absolute Gasteiger partial charge is 0.496 e. The molecule has 1 aliphatic carbocycles. The molecule has 1 atom stereocenters. The first kappa shape index (κ1) is 14.4. The number of benzene rings is 1. The zero-order chi connectivity index (χ0) is 14.2. The lowest BCUT2D eigenvalue weighted by Crippen LogP contribution is -2.40. The van der Waals surface area contributed by atoms with Crippen molar-refractivity contribution in [3.8, 4) is 5.75 Å². The highest BCUT2D eigenvalue weighted by molar-refractivity contribution is 5.46. The quantitative estimate of drug-likeness (QED) is 0.886. The van der Waals surface area contributed by atoms with Gasteiger partial charge in [0.25, 0.3) is 0 Å². The third-order valence-electron chi connectivity index (χ3n) is 4.09. The Labute approximate surface area is 116 Å². The molecule has 0 bridgehead atoms. The minimum atomic E-state index is -0.798. The van der Waals surface area contributed by atoms with Gasteiger partial charge in [-0.2, -0.15) is 0 Å². The van der Waals surface area contributed by atoms with Crippen molar-refractivity contribution in [3.63, 3.8) is 0 Å². The van der Waals surface area contributed by atoms with Crippen LogP contribution in [-0.4, -0.2) is 37.8 Å². The molecule has 1 N–H and O–H groups in total. The first-order valence-electron chi connectivity index (χ1n) is 6.91. The Hall–Kier alpha value is -1.06. The lowest BCUT2D eigenvalue weighted by Gasteiger charge is -2.33. The molecule has 1 aromatic rings. The van der Waals surface area contributed by atoms with Crippen molar-refractivity contribution in [1.82, 2.24) is 4.90 Å². The molecule has 0 heterocycles. The molecule has 3 heteroatoms. The maximum atomic E-state index is 11.2. The van der Waals surface area contributed by atoms with Crippen LogP contribution in [0.3, 0.4) is 0 Å². The summed E-state index contributed by atoms with van der Waals surface area (Å²) in [6, 6.07) is 4.13. The molecular weight excluding hydrogens is 238 g/mol. The summed E-state index contributed by atoms with van der Waals surface area (Å²) in [5.74, 6) is 1.16. The van der Waals surface area contributed by atoms with Crippen molar-refractivity contribution in [2.24, 2.45) is 5.92 Å². The summed E-state index contributed by atoms with van der Waals surface area (Å²) < 4.78 is 5.51. The van der Waals surface area contributed by atoms with E-state index in [9.17, 15) is 5.11 Å². The Bertz CT molecular complexity index is 466. The van der Waals surface area contributed by atoms with Crippen LogP contribution < -0.4 is 4.74 Å². The molecule has 1 fully saturated rings. The Morgan fingerprint density at radius 3 is 2.32 bits per heavy atom. The summed E-state index contributed by atoms with van der Waals surface area (Å²) in [5.41, 5.74) is 2.54. The molecule has 1 saturated carbocycles. The summed E-state index contributed by atoms with van der Waals surface area (Å²) >= 11 is 0. The van der Waals surface area contributed by atoms with Crippen molar-refractivity contribution in [2.75, 3.05) is 27.7 Å². The van der Waals surface area contributed by atoms with Gasteiger partial charge in [0.15, 0.2) is 0 Å². The average Bonchev–Trinajstić information content (AvgIpc) is 3.15. The van der Waals surface area contributed by atoms with Gasteiger partial charge in [0.1, 0.15) is 11.4 Å². The zero-order valence-electron chi connectivity index (χ0n) is 12.7. The maximum Gasteiger partial charge on any atom is 0.125 e. The molecule has 1 aliphatic rings. The van der Waals surface area contributed by atoms with Crippen LogP contribution >= 0.6 is 0 Å². The highest BCUT2D eigenvalue weighted by Gasteiger charge is 2.47. The van der Waals surface area contributed by atoms with Gasteiger partial charge >= 0.3 is 0 Å². The summed E-state index contributed by atoms with van der Waals surface area (Å²) in [4.78, 5) is 2.05. The Morgan fingerprint density at radius 1 is 1.26 bits per heavy atom. The fraction of sp³-hybridized carbons (Fsp3) is 0.625. The van der Waals surface area contributed by atoms with Crippen molar-refractivity contribution < 1.29 is 9.84 Å². The molecular formula is C16H25NO2. The second-order valence-corrected chi connectivity index (χ2v) is 6.07. The average molecular weight is 263 g/mol. The lowest BCUT2D eigenvalue weighted by molar-refractivity contribution is -0.0118. The van der Waals surface area contributed by atoms with Gasteiger partial charge in [0.05, 0.1) is 7.11 Å². The molecule has 3 nitrogen and oxygen atoms in total. The Kier molecular flexibility index (Phi) is 3.88. The number of likely N-dealkylation sites (N-methyl/N-ethyl adjacent to an activating group) is 1. The summed E-state index contributed by atoms with van der Waals surface area (Å²) in [6.45, 7) is 4.79. The molecule has 0 aromatic heterocycles. The van der Waals surface area contributed by atoms with Gasteiger partial charge in [-0.25, -0.2) is 0 Å². The minimum Gasteiger partial charge on any atom is -0.496 e. The maximum absolute atomic E-state index is 11.2. The van der Waals surface area contributed by atoms with Crippen LogP contribution in [0.4, 0.5) is 0 Å². The van der Waals surface area contributed by atoms with Crippen LogP contribution in [0, 0.1) is 19.8 Å². The van der Waals surface area contributed by atoms with E-state index in [4.69, 9.17) is 4.74 Å². The number of methoxy groups -OCH3 is 1. The predicted octanol–water partition coefficient (Wildman–Crippen LogP) is 2.47. The van der Waals surface area contributed by atoms with E-state index >= 15 is 0 Å². The fourth-order valence-electron chi connectivity index (χ4n) is 2.77. The standard InChI is InChI=1S/C16H25NO2/c1-11-8-14(15(19-5)9-12(11)2)16(18,10-17(3)4)13-6-7-13/h8-9,13,18H,6-7,10H2,1-5H3. The molecule has 0 radical (unpaired) electrons. The van der Waals surface area contributed by atoms with E-state index in [0.717, 1.165) is 24.2 Å². The normalized spacial score (nSPS) is 18.5. The first-order valence-corrected chi connectivity index (χ1v) is 6.91. The predicted molar refractivity (Wildman–Crippen MR) is 77.6 cm³/mol. The molecule has 0 amide bonds. The smallest absolute Gasteiger partial charge is 0.125 e. The van der Waals surface area contributed by atoms with E-state index in [1.807, 2.05) is 25.1 Å². The van der Waals surface area contributed by atoms with Crippen LogP contribution in [0.1, 0.15) is 29.5 Å². The summed E-state index contributed by atoms with van der Waals surface area (Å²) in [5, 5.41) is 11.2. The van der Waals surface area contributed by atoms with Gasteiger partial charge in [-0.15, -0.1) is 0 Å². The highest BCUT2D eigenvalue weighted by Crippen LogP contribution is 2.48. The number of hydrogen-bond acceptors (Lipinski definition) is 3. The van der Waals surface area contributed by atoms with Crippen molar-refractivity contribution in [1.29, 1.82) is 0 Å². The summed E-state index contributed by atoms with van der Waals surface area (Å²) in [7, 11) is 5.68. The van der Waals surface area contributed by atoms with Gasteiger partial charge in [0, 0.05) is 12.1 Å². The lowest BCUT2D eigenvalue weighted by atomic mass is 9.85. The van der Waals surface area contributed by atoms with Crippen LogP contribution in [0.15, 0.2) is 12.1 Å². The van der Waals surface area contributed by atoms with Gasteiger partial charge < -0.3 is 14.7 Å². The number of aliphatic hydroxyl groups is 1. The van der Waals surface area contributed by atoms with Crippen LogP contribution in [-0.2, 0) is 5.60 Å². The van der Waals surface area contributed by atoms with E-state index in [1.165, 1.54) is 11.1 Å².